The van der Waals surface area contributed by atoms with E-state index < -0.39 is 5.97 Å². The Labute approximate surface area is 116 Å². The lowest BCUT2D eigenvalue weighted by Crippen LogP contribution is -2.01. The first-order chi connectivity index (χ1) is 9.60. The average Bonchev–Trinajstić information content (AvgIpc) is 2.47. The van der Waals surface area contributed by atoms with E-state index in [1.165, 1.54) is 7.11 Å². The standard InChI is InChI=1S/C16H14O4/c1-20-16(19)13-7-5-11(6-8-13)9-12-3-2-4-14(10-12)15(17)18/h2-8,10H,9H2,1H3,(H,17,18). The summed E-state index contributed by atoms with van der Waals surface area (Å²) in [6, 6.07) is 13.9. The molecule has 0 radical (unpaired) electrons. The molecule has 4 nitrogen and oxygen atoms in total. The zero-order valence-corrected chi connectivity index (χ0v) is 11.0. The molecule has 0 heterocycles. The molecule has 4 heteroatoms. The predicted molar refractivity (Wildman–Crippen MR) is 74.0 cm³/mol. The first-order valence-corrected chi connectivity index (χ1v) is 6.09. The number of aromatic carboxylic acids is 1. The fourth-order valence-corrected chi connectivity index (χ4v) is 1.93. The van der Waals surface area contributed by atoms with Crippen molar-refractivity contribution in [2.45, 2.75) is 6.42 Å². The summed E-state index contributed by atoms with van der Waals surface area (Å²) < 4.78 is 4.63. The van der Waals surface area contributed by atoms with Gasteiger partial charge in [0.25, 0.3) is 0 Å². The summed E-state index contributed by atoms with van der Waals surface area (Å²) in [5.41, 5.74) is 2.68. The van der Waals surface area contributed by atoms with Gasteiger partial charge < -0.3 is 9.84 Å². The van der Waals surface area contributed by atoms with Crippen molar-refractivity contribution < 1.29 is 19.4 Å². The number of esters is 1. The van der Waals surface area contributed by atoms with Gasteiger partial charge in [0.2, 0.25) is 0 Å². The van der Waals surface area contributed by atoms with E-state index in [0.717, 1.165) is 11.1 Å². The lowest BCUT2D eigenvalue weighted by Gasteiger charge is -2.04. The Kier molecular flexibility index (Phi) is 4.15. The van der Waals surface area contributed by atoms with Gasteiger partial charge in [0, 0.05) is 0 Å². The van der Waals surface area contributed by atoms with Crippen LogP contribution in [0.4, 0.5) is 0 Å². The SMILES string of the molecule is COC(=O)c1ccc(Cc2cccc(C(=O)O)c2)cc1. The fraction of sp³-hybridized carbons (Fsp3) is 0.125. The summed E-state index contributed by atoms with van der Waals surface area (Å²) in [6.07, 6.45) is 0.614. The highest BCUT2D eigenvalue weighted by Crippen LogP contribution is 2.13. The second-order valence-electron chi connectivity index (χ2n) is 4.37. The number of benzene rings is 2. The molecule has 0 aliphatic rings. The number of hydrogen-bond acceptors (Lipinski definition) is 3. The minimum absolute atomic E-state index is 0.272. The van der Waals surface area contributed by atoms with Crippen LogP contribution < -0.4 is 0 Å². The van der Waals surface area contributed by atoms with E-state index in [4.69, 9.17) is 5.11 Å². The molecule has 0 fully saturated rings. The van der Waals surface area contributed by atoms with Crippen LogP contribution in [0.15, 0.2) is 48.5 Å². The molecule has 0 saturated carbocycles. The van der Waals surface area contributed by atoms with Gasteiger partial charge in [-0.15, -0.1) is 0 Å². The van der Waals surface area contributed by atoms with Crippen molar-refractivity contribution >= 4 is 11.9 Å². The third kappa shape index (κ3) is 3.23. The summed E-state index contributed by atoms with van der Waals surface area (Å²) in [7, 11) is 1.34. The van der Waals surface area contributed by atoms with Crippen molar-refractivity contribution in [2.75, 3.05) is 7.11 Å². The second-order valence-corrected chi connectivity index (χ2v) is 4.37. The number of carboxylic acid groups (broad SMARTS) is 1. The maximum Gasteiger partial charge on any atom is 0.337 e. The highest BCUT2D eigenvalue weighted by Gasteiger charge is 2.06. The Hall–Kier alpha value is -2.62. The predicted octanol–water partition coefficient (Wildman–Crippen LogP) is 2.76. The Balaban J connectivity index is 2.16. The highest BCUT2D eigenvalue weighted by atomic mass is 16.5. The zero-order chi connectivity index (χ0) is 14.5. The quantitative estimate of drug-likeness (QED) is 0.868. The minimum Gasteiger partial charge on any atom is -0.478 e. The molecular formula is C16H14O4. The highest BCUT2D eigenvalue weighted by molar-refractivity contribution is 5.89. The van der Waals surface area contributed by atoms with Gasteiger partial charge in [-0.05, 0) is 41.8 Å². The van der Waals surface area contributed by atoms with Crippen molar-refractivity contribution in [3.8, 4) is 0 Å². The molecule has 0 amide bonds. The van der Waals surface area contributed by atoms with Gasteiger partial charge in [-0.25, -0.2) is 9.59 Å². The van der Waals surface area contributed by atoms with E-state index in [0.29, 0.717) is 12.0 Å². The first kappa shape index (κ1) is 13.8. The molecule has 102 valence electrons. The number of hydrogen-bond donors (Lipinski definition) is 1. The van der Waals surface area contributed by atoms with E-state index in [1.807, 2.05) is 18.2 Å². The van der Waals surface area contributed by atoms with Crippen molar-refractivity contribution in [1.82, 2.24) is 0 Å². The van der Waals surface area contributed by atoms with Crippen molar-refractivity contribution in [2.24, 2.45) is 0 Å². The van der Waals surface area contributed by atoms with Crippen LogP contribution in [0.25, 0.3) is 0 Å². The Morgan fingerprint density at radius 3 is 2.30 bits per heavy atom. The summed E-state index contributed by atoms with van der Waals surface area (Å²) in [5.74, 6) is -1.31. The van der Waals surface area contributed by atoms with Crippen LogP contribution in [0.1, 0.15) is 31.8 Å². The molecule has 2 aromatic rings. The summed E-state index contributed by atoms with van der Waals surface area (Å²) >= 11 is 0. The van der Waals surface area contributed by atoms with E-state index in [1.54, 1.807) is 30.3 Å². The fourth-order valence-electron chi connectivity index (χ4n) is 1.93. The summed E-state index contributed by atoms with van der Waals surface area (Å²) in [5, 5.41) is 8.95. The lowest BCUT2D eigenvalue weighted by atomic mass is 10.0. The zero-order valence-electron chi connectivity index (χ0n) is 11.0. The molecule has 0 unspecified atom stereocenters. The minimum atomic E-state index is -0.937. The van der Waals surface area contributed by atoms with Crippen molar-refractivity contribution in [1.29, 1.82) is 0 Å². The summed E-state index contributed by atoms with van der Waals surface area (Å²) in [6.45, 7) is 0. The van der Waals surface area contributed by atoms with E-state index >= 15 is 0 Å². The number of rotatable bonds is 4. The van der Waals surface area contributed by atoms with Crippen LogP contribution in [0.3, 0.4) is 0 Å². The third-order valence-corrected chi connectivity index (χ3v) is 2.96. The lowest BCUT2D eigenvalue weighted by molar-refractivity contribution is 0.0599. The number of carboxylic acids is 1. The summed E-state index contributed by atoms with van der Waals surface area (Å²) in [4.78, 5) is 22.2. The monoisotopic (exact) mass is 270 g/mol. The molecule has 0 aliphatic carbocycles. The molecule has 20 heavy (non-hydrogen) atoms. The molecule has 2 rings (SSSR count). The van der Waals surface area contributed by atoms with Gasteiger partial charge in [0.1, 0.15) is 0 Å². The Morgan fingerprint density at radius 1 is 1.00 bits per heavy atom. The molecule has 0 aliphatic heterocycles. The Morgan fingerprint density at radius 2 is 1.70 bits per heavy atom. The van der Waals surface area contributed by atoms with Gasteiger partial charge in [0.05, 0.1) is 18.2 Å². The maximum atomic E-state index is 11.3. The molecule has 1 N–H and O–H groups in total. The van der Waals surface area contributed by atoms with E-state index in [9.17, 15) is 9.59 Å². The number of ether oxygens (including phenoxy) is 1. The molecule has 0 bridgehead atoms. The molecule has 2 aromatic carbocycles. The average molecular weight is 270 g/mol. The van der Waals surface area contributed by atoms with Crippen molar-refractivity contribution in [3.63, 3.8) is 0 Å². The van der Waals surface area contributed by atoms with Crippen LogP contribution in [-0.4, -0.2) is 24.2 Å². The molecule has 0 spiro atoms. The molecule has 0 atom stereocenters. The first-order valence-electron chi connectivity index (χ1n) is 6.09. The number of carbonyl (C=O) groups excluding carboxylic acids is 1. The Bertz CT molecular complexity index is 629. The molecule has 0 saturated heterocycles. The molecular weight excluding hydrogens is 256 g/mol. The van der Waals surface area contributed by atoms with Crippen LogP contribution in [0, 0.1) is 0 Å². The van der Waals surface area contributed by atoms with Gasteiger partial charge in [0.15, 0.2) is 0 Å². The van der Waals surface area contributed by atoms with Gasteiger partial charge in [-0.2, -0.15) is 0 Å². The van der Waals surface area contributed by atoms with E-state index in [2.05, 4.69) is 4.74 Å². The van der Waals surface area contributed by atoms with Gasteiger partial charge >= 0.3 is 11.9 Å². The maximum absolute atomic E-state index is 11.3. The number of methoxy groups -OCH3 is 1. The van der Waals surface area contributed by atoms with Crippen LogP contribution >= 0.6 is 0 Å². The van der Waals surface area contributed by atoms with Crippen LogP contribution in [0.2, 0.25) is 0 Å². The van der Waals surface area contributed by atoms with Gasteiger partial charge in [-0.1, -0.05) is 24.3 Å². The normalized spacial score (nSPS) is 10.1. The molecule has 0 aromatic heterocycles. The number of carbonyl (C=O) groups is 2. The van der Waals surface area contributed by atoms with Gasteiger partial charge in [-0.3, -0.25) is 0 Å². The van der Waals surface area contributed by atoms with E-state index in [-0.39, 0.29) is 11.5 Å². The topological polar surface area (TPSA) is 63.6 Å². The smallest absolute Gasteiger partial charge is 0.337 e. The van der Waals surface area contributed by atoms with Crippen molar-refractivity contribution in [3.05, 3.63) is 70.8 Å². The third-order valence-electron chi connectivity index (χ3n) is 2.96. The second kappa shape index (κ2) is 6.02. The van der Waals surface area contributed by atoms with Crippen LogP contribution in [-0.2, 0) is 11.2 Å². The largest absolute Gasteiger partial charge is 0.478 e. The van der Waals surface area contributed by atoms with Crippen LogP contribution in [0.5, 0.6) is 0 Å².